The zero-order chi connectivity index (χ0) is 15.9. The van der Waals surface area contributed by atoms with Crippen LogP contribution in [0, 0.1) is 5.92 Å². The number of methoxy groups -OCH3 is 1. The minimum Gasteiger partial charge on any atom is -0.384 e. The van der Waals surface area contributed by atoms with E-state index in [1.54, 1.807) is 7.11 Å². The molecule has 2 rings (SSSR count). The number of hydrogen-bond donors (Lipinski definition) is 0. The summed E-state index contributed by atoms with van der Waals surface area (Å²) in [6.07, 6.45) is 2.24. The predicted molar refractivity (Wildman–Crippen MR) is 88.6 cm³/mol. The van der Waals surface area contributed by atoms with Crippen LogP contribution in [0.15, 0.2) is 30.3 Å². The molecule has 1 aromatic rings. The van der Waals surface area contributed by atoms with Crippen LogP contribution in [0.25, 0.3) is 0 Å². The summed E-state index contributed by atoms with van der Waals surface area (Å²) in [6, 6.07) is 10.9. The number of carbonyl (C=O) groups excluding carboxylic acids is 1. The zero-order valence-corrected chi connectivity index (χ0v) is 14.0. The summed E-state index contributed by atoms with van der Waals surface area (Å²) in [4.78, 5) is 16.8. The third kappa shape index (κ3) is 4.55. The number of nitrogens with zero attached hydrogens (tertiary/aromatic N) is 2. The van der Waals surface area contributed by atoms with Gasteiger partial charge in [0.15, 0.2) is 0 Å². The van der Waals surface area contributed by atoms with Crippen molar-refractivity contribution in [1.29, 1.82) is 0 Å². The highest BCUT2D eigenvalue weighted by Crippen LogP contribution is 2.18. The Kier molecular flexibility index (Phi) is 6.40. The fourth-order valence-corrected chi connectivity index (χ4v) is 3.18. The number of hydrogen-bond acceptors (Lipinski definition) is 3. The van der Waals surface area contributed by atoms with Crippen molar-refractivity contribution in [3.05, 3.63) is 35.9 Å². The predicted octanol–water partition coefficient (Wildman–Crippen LogP) is 2.39. The van der Waals surface area contributed by atoms with Crippen molar-refractivity contribution in [1.82, 2.24) is 9.80 Å². The number of likely N-dealkylation sites (N-methyl/N-ethyl adjacent to an activating group) is 1. The summed E-state index contributed by atoms with van der Waals surface area (Å²) in [7, 11) is 3.58. The van der Waals surface area contributed by atoms with Crippen LogP contribution < -0.4 is 0 Å². The molecule has 0 saturated carbocycles. The Labute approximate surface area is 134 Å². The number of ether oxygens (including phenoxy) is 1. The Hall–Kier alpha value is -1.39. The summed E-state index contributed by atoms with van der Waals surface area (Å²) in [5.74, 6) is 0.118. The Morgan fingerprint density at radius 1 is 1.41 bits per heavy atom. The molecule has 0 radical (unpaired) electrons. The fourth-order valence-electron chi connectivity index (χ4n) is 3.18. The summed E-state index contributed by atoms with van der Waals surface area (Å²) < 4.78 is 5.10. The lowest BCUT2D eigenvalue weighted by Gasteiger charge is -2.38. The largest absolute Gasteiger partial charge is 0.384 e. The fraction of sp³-hybridized carbons (Fsp3) is 0.611. The van der Waals surface area contributed by atoms with E-state index in [0.717, 1.165) is 32.5 Å². The molecule has 0 N–H and O–H groups in total. The van der Waals surface area contributed by atoms with Gasteiger partial charge in [0.2, 0.25) is 5.91 Å². The van der Waals surface area contributed by atoms with E-state index in [1.165, 1.54) is 5.56 Å². The van der Waals surface area contributed by atoms with Gasteiger partial charge in [-0.05, 0) is 24.9 Å². The standard InChI is InChI=1S/C18H28N2O2/c1-15(14-22-3)18(21)19(2)17-10-7-11-20(13-17)12-16-8-5-4-6-9-16/h4-6,8-9,15,17H,7,10-14H2,1-3H3. The normalized spacial score (nSPS) is 20.6. The molecule has 0 aromatic heterocycles. The molecule has 22 heavy (non-hydrogen) atoms. The number of amides is 1. The molecular weight excluding hydrogens is 276 g/mol. The van der Waals surface area contributed by atoms with Crippen molar-refractivity contribution in [2.45, 2.75) is 32.4 Å². The van der Waals surface area contributed by atoms with Gasteiger partial charge < -0.3 is 9.64 Å². The molecule has 1 aliphatic heterocycles. The molecular formula is C18H28N2O2. The lowest BCUT2D eigenvalue weighted by atomic mass is 10.0. The molecule has 2 unspecified atom stereocenters. The quantitative estimate of drug-likeness (QED) is 0.809. The van der Waals surface area contributed by atoms with Crippen LogP contribution in [-0.4, -0.2) is 55.6 Å². The summed E-state index contributed by atoms with van der Waals surface area (Å²) >= 11 is 0. The first-order valence-electron chi connectivity index (χ1n) is 8.13. The first kappa shape index (κ1) is 17.0. The van der Waals surface area contributed by atoms with Crippen LogP contribution in [0.2, 0.25) is 0 Å². The van der Waals surface area contributed by atoms with Gasteiger partial charge in [0.25, 0.3) is 0 Å². The van der Waals surface area contributed by atoms with Crippen LogP contribution in [-0.2, 0) is 16.1 Å². The van der Waals surface area contributed by atoms with Gasteiger partial charge >= 0.3 is 0 Å². The third-order valence-electron chi connectivity index (χ3n) is 4.46. The van der Waals surface area contributed by atoms with E-state index >= 15 is 0 Å². The molecule has 1 aromatic carbocycles. The van der Waals surface area contributed by atoms with Crippen molar-refractivity contribution in [3.63, 3.8) is 0 Å². The van der Waals surface area contributed by atoms with Gasteiger partial charge in [-0.25, -0.2) is 0 Å². The SMILES string of the molecule is COCC(C)C(=O)N(C)C1CCCN(Cc2ccccc2)C1. The summed E-state index contributed by atoms with van der Waals surface area (Å²) in [6.45, 7) is 5.46. The molecule has 1 heterocycles. The average molecular weight is 304 g/mol. The van der Waals surface area contributed by atoms with E-state index in [-0.39, 0.29) is 11.8 Å². The van der Waals surface area contributed by atoms with E-state index in [1.807, 2.05) is 24.9 Å². The summed E-state index contributed by atoms with van der Waals surface area (Å²) in [5, 5.41) is 0. The maximum atomic E-state index is 12.4. The molecule has 4 heteroatoms. The minimum absolute atomic E-state index is 0.0699. The van der Waals surface area contributed by atoms with Crippen molar-refractivity contribution < 1.29 is 9.53 Å². The third-order valence-corrected chi connectivity index (χ3v) is 4.46. The molecule has 1 aliphatic rings. The van der Waals surface area contributed by atoms with Gasteiger partial charge in [0.1, 0.15) is 0 Å². The van der Waals surface area contributed by atoms with Gasteiger partial charge in [0.05, 0.1) is 12.5 Å². The number of benzene rings is 1. The van der Waals surface area contributed by atoms with Gasteiger partial charge in [0, 0.05) is 33.3 Å². The van der Waals surface area contributed by atoms with E-state index in [0.29, 0.717) is 12.6 Å². The highest BCUT2D eigenvalue weighted by molar-refractivity contribution is 5.78. The Balaban J connectivity index is 1.91. The molecule has 1 fully saturated rings. The van der Waals surface area contributed by atoms with Crippen molar-refractivity contribution >= 4 is 5.91 Å². The monoisotopic (exact) mass is 304 g/mol. The molecule has 0 bridgehead atoms. The van der Waals surface area contributed by atoms with Crippen LogP contribution in [0.3, 0.4) is 0 Å². The number of carbonyl (C=O) groups is 1. The molecule has 2 atom stereocenters. The number of rotatable bonds is 6. The van der Waals surface area contributed by atoms with Crippen LogP contribution in [0.1, 0.15) is 25.3 Å². The first-order valence-corrected chi connectivity index (χ1v) is 8.13. The van der Waals surface area contributed by atoms with Gasteiger partial charge in [-0.3, -0.25) is 9.69 Å². The second kappa shape index (κ2) is 8.30. The molecule has 0 aliphatic carbocycles. The van der Waals surface area contributed by atoms with E-state index < -0.39 is 0 Å². The van der Waals surface area contributed by atoms with E-state index in [2.05, 4.69) is 29.2 Å². The van der Waals surface area contributed by atoms with Crippen molar-refractivity contribution in [3.8, 4) is 0 Å². The molecule has 1 amide bonds. The van der Waals surface area contributed by atoms with E-state index in [4.69, 9.17) is 4.74 Å². The lowest BCUT2D eigenvalue weighted by molar-refractivity contribution is -0.138. The van der Waals surface area contributed by atoms with Crippen LogP contribution in [0.4, 0.5) is 0 Å². The average Bonchev–Trinajstić information content (AvgIpc) is 2.55. The summed E-state index contributed by atoms with van der Waals surface area (Å²) in [5.41, 5.74) is 1.34. The van der Waals surface area contributed by atoms with Crippen LogP contribution in [0.5, 0.6) is 0 Å². The van der Waals surface area contributed by atoms with Gasteiger partial charge in [-0.1, -0.05) is 37.3 Å². The Bertz CT molecular complexity index is 463. The van der Waals surface area contributed by atoms with Gasteiger partial charge in [-0.15, -0.1) is 0 Å². The Morgan fingerprint density at radius 3 is 2.82 bits per heavy atom. The molecule has 0 spiro atoms. The lowest BCUT2D eigenvalue weighted by Crippen LogP contribution is -2.49. The topological polar surface area (TPSA) is 32.8 Å². The van der Waals surface area contributed by atoms with Gasteiger partial charge in [-0.2, -0.15) is 0 Å². The zero-order valence-electron chi connectivity index (χ0n) is 14.0. The molecule has 1 saturated heterocycles. The highest BCUT2D eigenvalue weighted by atomic mass is 16.5. The van der Waals surface area contributed by atoms with Crippen molar-refractivity contribution in [2.75, 3.05) is 33.9 Å². The highest BCUT2D eigenvalue weighted by Gasteiger charge is 2.28. The minimum atomic E-state index is -0.0699. The maximum absolute atomic E-state index is 12.4. The van der Waals surface area contributed by atoms with E-state index in [9.17, 15) is 4.79 Å². The first-order chi connectivity index (χ1) is 10.6. The number of piperidine rings is 1. The molecule has 122 valence electrons. The maximum Gasteiger partial charge on any atom is 0.227 e. The Morgan fingerprint density at radius 2 is 2.14 bits per heavy atom. The number of likely N-dealkylation sites (tertiary alicyclic amines) is 1. The second-order valence-corrected chi connectivity index (χ2v) is 6.32. The van der Waals surface area contributed by atoms with Crippen molar-refractivity contribution in [2.24, 2.45) is 5.92 Å². The van der Waals surface area contributed by atoms with Crippen LogP contribution >= 0.6 is 0 Å². The smallest absolute Gasteiger partial charge is 0.227 e. The molecule has 4 nitrogen and oxygen atoms in total. The second-order valence-electron chi connectivity index (χ2n) is 6.32.